The summed E-state index contributed by atoms with van der Waals surface area (Å²) < 4.78 is 0. The van der Waals surface area contributed by atoms with Crippen molar-refractivity contribution in [3.05, 3.63) is 23.5 Å². The number of carbonyl (C=O) groups excluding carboxylic acids is 1. The summed E-state index contributed by atoms with van der Waals surface area (Å²) in [4.78, 5) is 14.8. The molecule has 2 heterocycles. The lowest BCUT2D eigenvalue weighted by Crippen LogP contribution is -2.40. The highest BCUT2D eigenvalue weighted by Crippen LogP contribution is 2.39. The van der Waals surface area contributed by atoms with Crippen molar-refractivity contribution in [2.24, 2.45) is 5.92 Å². The lowest BCUT2D eigenvalue weighted by Gasteiger charge is -2.20. The van der Waals surface area contributed by atoms with Crippen molar-refractivity contribution in [1.29, 1.82) is 0 Å². The fraction of sp³-hybridized carbons (Fsp3) is 0.688. The smallest absolute Gasteiger partial charge is 0.272 e. The summed E-state index contributed by atoms with van der Waals surface area (Å²) in [6, 6.07) is 2.62. The van der Waals surface area contributed by atoms with E-state index in [0.717, 1.165) is 18.7 Å². The largest absolute Gasteiger partial charge is 0.346 e. The fourth-order valence-electron chi connectivity index (χ4n) is 2.99. The van der Waals surface area contributed by atoms with Gasteiger partial charge in [0.05, 0.1) is 6.20 Å². The molecule has 5 nitrogen and oxygen atoms in total. The second-order valence-corrected chi connectivity index (χ2v) is 6.75. The topological polar surface area (TPSA) is 58.1 Å². The normalized spacial score (nSPS) is 26.3. The first-order valence-corrected chi connectivity index (χ1v) is 7.92. The van der Waals surface area contributed by atoms with Gasteiger partial charge < -0.3 is 5.32 Å². The summed E-state index contributed by atoms with van der Waals surface area (Å²) >= 11 is 0. The zero-order chi connectivity index (χ0) is 15.0. The highest BCUT2D eigenvalue weighted by atomic mass is 16.2. The number of hydrogen-bond donors (Lipinski definition) is 1. The number of hydrogen-bond acceptors (Lipinski definition) is 4. The van der Waals surface area contributed by atoms with Gasteiger partial charge in [-0.3, -0.25) is 9.69 Å². The average Bonchev–Trinajstić information content (AvgIpc) is 3.24. The molecule has 0 bridgehead atoms. The molecule has 2 fully saturated rings. The van der Waals surface area contributed by atoms with Crippen LogP contribution in [0.5, 0.6) is 0 Å². The first-order valence-electron chi connectivity index (χ1n) is 7.92. The Hall–Kier alpha value is -1.49. The van der Waals surface area contributed by atoms with Crippen LogP contribution in [0.25, 0.3) is 0 Å². The number of carbonyl (C=O) groups is 1. The average molecular weight is 288 g/mol. The van der Waals surface area contributed by atoms with Crippen LogP contribution in [-0.2, 0) is 0 Å². The molecule has 0 aromatic carbocycles. The van der Waals surface area contributed by atoms with Gasteiger partial charge in [-0.15, -0.1) is 5.10 Å². The van der Waals surface area contributed by atoms with Gasteiger partial charge in [0.2, 0.25) is 0 Å². The molecule has 3 rings (SSSR count). The molecule has 0 radical (unpaired) electrons. The third-order valence-electron chi connectivity index (χ3n) is 4.64. The quantitative estimate of drug-likeness (QED) is 0.918. The SMILES string of the molecule is CC(C)N1C[C@@H](C)[C@H](NC(=O)c2cc(C3CC3)cnn2)C1. The Bertz CT molecular complexity index is 527. The molecule has 1 aromatic heterocycles. The van der Waals surface area contributed by atoms with Crippen molar-refractivity contribution in [2.75, 3.05) is 13.1 Å². The van der Waals surface area contributed by atoms with E-state index in [9.17, 15) is 4.79 Å². The van der Waals surface area contributed by atoms with E-state index in [4.69, 9.17) is 0 Å². The van der Waals surface area contributed by atoms with Crippen LogP contribution in [-0.4, -0.2) is 46.2 Å². The summed E-state index contributed by atoms with van der Waals surface area (Å²) in [7, 11) is 0. The van der Waals surface area contributed by atoms with Gasteiger partial charge in [-0.25, -0.2) is 0 Å². The Balaban J connectivity index is 1.64. The Labute approximate surface area is 126 Å². The number of rotatable bonds is 4. The van der Waals surface area contributed by atoms with Crippen molar-refractivity contribution >= 4 is 5.91 Å². The molecular formula is C16H24N4O. The number of aromatic nitrogens is 2. The Morgan fingerprint density at radius 1 is 1.38 bits per heavy atom. The molecule has 0 unspecified atom stereocenters. The maximum absolute atomic E-state index is 12.4. The lowest BCUT2D eigenvalue weighted by molar-refractivity contribution is 0.0924. The molecule has 21 heavy (non-hydrogen) atoms. The second-order valence-electron chi connectivity index (χ2n) is 6.75. The van der Waals surface area contributed by atoms with Crippen molar-refractivity contribution in [3.63, 3.8) is 0 Å². The van der Waals surface area contributed by atoms with Crippen LogP contribution >= 0.6 is 0 Å². The van der Waals surface area contributed by atoms with Crippen LogP contribution in [0.1, 0.15) is 55.6 Å². The minimum Gasteiger partial charge on any atom is -0.346 e. The van der Waals surface area contributed by atoms with E-state index in [1.807, 2.05) is 6.07 Å². The van der Waals surface area contributed by atoms with Gasteiger partial charge in [0.25, 0.3) is 5.91 Å². The Morgan fingerprint density at radius 2 is 2.14 bits per heavy atom. The van der Waals surface area contributed by atoms with E-state index in [0.29, 0.717) is 23.6 Å². The maximum Gasteiger partial charge on any atom is 0.272 e. The van der Waals surface area contributed by atoms with E-state index in [1.165, 1.54) is 12.8 Å². The van der Waals surface area contributed by atoms with Gasteiger partial charge in [-0.05, 0) is 50.2 Å². The zero-order valence-electron chi connectivity index (χ0n) is 13.0. The second kappa shape index (κ2) is 5.72. The summed E-state index contributed by atoms with van der Waals surface area (Å²) in [5.41, 5.74) is 1.60. The maximum atomic E-state index is 12.4. The molecule has 5 heteroatoms. The first kappa shape index (κ1) is 14.4. The van der Waals surface area contributed by atoms with Crippen LogP contribution < -0.4 is 5.32 Å². The van der Waals surface area contributed by atoms with Crippen LogP contribution in [0, 0.1) is 5.92 Å². The predicted molar refractivity (Wildman–Crippen MR) is 81.1 cm³/mol. The summed E-state index contributed by atoms with van der Waals surface area (Å²) in [5, 5.41) is 11.1. The highest BCUT2D eigenvalue weighted by molar-refractivity contribution is 5.92. The van der Waals surface area contributed by atoms with Gasteiger partial charge >= 0.3 is 0 Å². The van der Waals surface area contributed by atoms with Crippen molar-refractivity contribution < 1.29 is 4.79 Å². The van der Waals surface area contributed by atoms with E-state index >= 15 is 0 Å². The molecular weight excluding hydrogens is 264 g/mol. The van der Waals surface area contributed by atoms with Crippen LogP contribution in [0.15, 0.2) is 12.3 Å². The van der Waals surface area contributed by atoms with E-state index in [1.54, 1.807) is 6.20 Å². The molecule has 1 N–H and O–H groups in total. The zero-order valence-corrected chi connectivity index (χ0v) is 13.0. The molecule has 1 amide bonds. The molecule has 0 spiro atoms. The number of amides is 1. The van der Waals surface area contributed by atoms with Gasteiger partial charge in [-0.1, -0.05) is 6.92 Å². The Morgan fingerprint density at radius 3 is 2.76 bits per heavy atom. The monoisotopic (exact) mass is 288 g/mol. The molecule has 1 aliphatic heterocycles. The first-order chi connectivity index (χ1) is 10.0. The van der Waals surface area contributed by atoms with Crippen molar-refractivity contribution in [1.82, 2.24) is 20.4 Å². The number of nitrogens with zero attached hydrogens (tertiary/aromatic N) is 3. The summed E-state index contributed by atoms with van der Waals surface area (Å²) in [6.45, 7) is 8.54. The summed E-state index contributed by atoms with van der Waals surface area (Å²) in [6.07, 6.45) is 4.19. The van der Waals surface area contributed by atoms with E-state index in [2.05, 4.69) is 41.2 Å². The van der Waals surface area contributed by atoms with Gasteiger partial charge in [0, 0.05) is 25.2 Å². The number of likely N-dealkylation sites (tertiary alicyclic amines) is 1. The molecule has 1 aliphatic carbocycles. The van der Waals surface area contributed by atoms with E-state index < -0.39 is 0 Å². The molecule has 2 atom stereocenters. The van der Waals surface area contributed by atoms with Crippen LogP contribution in [0.4, 0.5) is 0 Å². The Kier molecular flexibility index (Phi) is 3.93. The molecule has 1 aromatic rings. The minimum atomic E-state index is -0.0903. The molecule has 1 saturated carbocycles. The van der Waals surface area contributed by atoms with Crippen molar-refractivity contribution in [2.45, 2.75) is 51.6 Å². The predicted octanol–water partition coefficient (Wildman–Crippen LogP) is 1.81. The summed E-state index contributed by atoms with van der Waals surface area (Å²) in [5.74, 6) is 0.970. The molecule has 114 valence electrons. The van der Waals surface area contributed by atoms with Crippen LogP contribution in [0.2, 0.25) is 0 Å². The van der Waals surface area contributed by atoms with Gasteiger partial charge in [0.15, 0.2) is 5.69 Å². The third kappa shape index (κ3) is 3.23. The lowest BCUT2D eigenvalue weighted by atomic mass is 10.1. The highest BCUT2D eigenvalue weighted by Gasteiger charge is 2.32. The third-order valence-corrected chi connectivity index (χ3v) is 4.64. The van der Waals surface area contributed by atoms with Gasteiger partial charge in [-0.2, -0.15) is 5.10 Å². The van der Waals surface area contributed by atoms with Crippen molar-refractivity contribution in [3.8, 4) is 0 Å². The van der Waals surface area contributed by atoms with Crippen LogP contribution in [0.3, 0.4) is 0 Å². The molecule has 2 aliphatic rings. The van der Waals surface area contributed by atoms with Gasteiger partial charge in [0.1, 0.15) is 0 Å². The van der Waals surface area contributed by atoms with E-state index in [-0.39, 0.29) is 11.9 Å². The fourth-order valence-corrected chi connectivity index (χ4v) is 2.99. The number of nitrogens with one attached hydrogen (secondary N) is 1. The molecule has 1 saturated heterocycles. The standard InChI is InChI=1S/C16H24N4O/c1-10(2)20-8-11(3)15(9-20)18-16(21)14-6-13(7-17-19-14)12-4-5-12/h6-7,10-12,15H,4-5,8-9H2,1-3H3,(H,18,21)/t11-,15-/m1/s1. The minimum absolute atomic E-state index is 0.0903.